The molecule has 2 heterocycles. The summed E-state index contributed by atoms with van der Waals surface area (Å²) in [7, 11) is 1.68. The number of fused-ring (bicyclic) bond motifs is 1. The lowest BCUT2D eigenvalue weighted by Crippen LogP contribution is -2.38. The van der Waals surface area contributed by atoms with Gasteiger partial charge in [0.2, 0.25) is 0 Å². The van der Waals surface area contributed by atoms with Crippen LogP contribution in [0.25, 0.3) is 5.65 Å². The molecule has 0 saturated carbocycles. The summed E-state index contributed by atoms with van der Waals surface area (Å²) in [6.45, 7) is 8.28. The zero-order chi connectivity index (χ0) is 17.9. The van der Waals surface area contributed by atoms with E-state index >= 15 is 0 Å². The summed E-state index contributed by atoms with van der Waals surface area (Å²) < 4.78 is 12.5. The van der Waals surface area contributed by atoms with Crippen LogP contribution in [-0.4, -0.2) is 55.4 Å². The van der Waals surface area contributed by atoms with E-state index in [0.717, 1.165) is 36.8 Å². The number of guanidine groups is 1. The van der Waals surface area contributed by atoms with Crippen LogP contribution in [0.4, 0.5) is 0 Å². The molecule has 0 amide bonds. The molecule has 0 aliphatic rings. The van der Waals surface area contributed by atoms with Crippen molar-refractivity contribution in [3.05, 3.63) is 35.8 Å². The molecule has 0 fully saturated rings. The molecule has 0 atom stereocenters. The van der Waals surface area contributed by atoms with Crippen LogP contribution in [0.5, 0.6) is 0 Å². The Morgan fingerprint density at radius 3 is 2.81 bits per heavy atom. The Bertz CT molecular complexity index is 675. The number of hydrogen-bond donors (Lipinski definition) is 2. The zero-order valence-corrected chi connectivity index (χ0v) is 18.2. The minimum absolute atomic E-state index is 0. The lowest BCUT2D eigenvalue weighted by Gasteiger charge is -2.11. The highest BCUT2D eigenvalue weighted by Crippen LogP contribution is 2.09. The first-order valence-electron chi connectivity index (χ1n) is 8.77. The maximum atomic E-state index is 5.45. The molecule has 2 aromatic heterocycles. The van der Waals surface area contributed by atoms with Crippen LogP contribution in [0.3, 0.4) is 0 Å². The van der Waals surface area contributed by atoms with E-state index in [9.17, 15) is 0 Å². The van der Waals surface area contributed by atoms with Crippen LogP contribution in [0, 0.1) is 6.92 Å². The summed E-state index contributed by atoms with van der Waals surface area (Å²) in [6, 6.07) is 6.10. The van der Waals surface area contributed by atoms with Crippen molar-refractivity contribution in [2.45, 2.75) is 26.8 Å². The fourth-order valence-corrected chi connectivity index (χ4v) is 2.40. The van der Waals surface area contributed by atoms with Gasteiger partial charge in [-0.1, -0.05) is 6.07 Å². The first-order chi connectivity index (χ1) is 12.2. The fraction of sp³-hybridized carbons (Fsp3) is 0.556. The van der Waals surface area contributed by atoms with Crippen molar-refractivity contribution in [1.82, 2.24) is 20.0 Å². The number of hydrogen-bond acceptors (Lipinski definition) is 4. The number of halogens is 1. The topological polar surface area (TPSA) is 72.2 Å². The maximum absolute atomic E-state index is 5.45. The lowest BCUT2D eigenvalue weighted by atomic mass is 10.4. The molecule has 0 spiro atoms. The highest BCUT2D eigenvalue weighted by atomic mass is 127. The third-order valence-electron chi connectivity index (χ3n) is 3.68. The molecule has 0 aromatic carbocycles. The van der Waals surface area contributed by atoms with Gasteiger partial charge in [0.1, 0.15) is 5.65 Å². The molecule has 0 radical (unpaired) electrons. The molecular weight excluding hydrogens is 445 g/mol. The summed E-state index contributed by atoms with van der Waals surface area (Å²) in [5.74, 6) is 0.799. The molecule has 2 aromatic rings. The monoisotopic (exact) mass is 475 g/mol. The molecule has 0 aliphatic heterocycles. The summed E-state index contributed by atoms with van der Waals surface area (Å²) in [4.78, 5) is 9.23. The van der Waals surface area contributed by atoms with Crippen molar-refractivity contribution in [3.63, 3.8) is 0 Å². The molecule has 2 rings (SSSR count). The quantitative estimate of drug-likeness (QED) is 0.239. The molecule has 0 aliphatic carbocycles. The van der Waals surface area contributed by atoms with E-state index in [0.29, 0.717) is 26.4 Å². The number of nitrogens with one attached hydrogen (secondary N) is 2. The van der Waals surface area contributed by atoms with Gasteiger partial charge in [0, 0.05) is 38.7 Å². The van der Waals surface area contributed by atoms with E-state index in [2.05, 4.69) is 44.9 Å². The highest BCUT2D eigenvalue weighted by Gasteiger charge is 2.03. The van der Waals surface area contributed by atoms with E-state index < -0.39 is 0 Å². The minimum Gasteiger partial charge on any atom is -0.382 e. The molecule has 8 heteroatoms. The van der Waals surface area contributed by atoms with Crippen molar-refractivity contribution in [1.29, 1.82) is 0 Å². The van der Waals surface area contributed by atoms with E-state index in [1.165, 1.54) is 5.69 Å². The smallest absolute Gasteiger partial charge is 0.191 e. The van der Waals surface area contributed by atoms with E-state index in [-0.39, 0.29) is 24.0 Å². The van der Waals surface area contributed by atoms with Gasteiger partial charge in [-0.05, 0) is 32.4 Å². The Kier molecular flexibility index (Phi) is 11.2. The van der Waals surface area contributed by atoms with Crippen LogP contribution >= 0.6 is 24.0 Å². The predicted molar refractivity (Wildman–Crippen MR) is 115 cm³/mol. The number of nitrogens with zero attached hydrogens (tertiary/aromatic N) is 3. The van der Waals surface area contributed by atoms with Crippen molar-refractivity contribution in [3.8, 4) is 0 Å². The van der Waals surface area contributed by atoms with Gasteiger partial charge in [-0.3, -0.25) is 0 Å². The van der Waals surface area contributed by atoms with Gasteiger partial charge >= 0.3 is 0 Å². The Balaban J connectivity index is 0.00000338. The second-order valence-electron chi connectivity index (χ2n) is 5.71. The summed E-state index contributed by atoms with van der Waals surface area (Å²) in [5, 5.41) is 6.57. The second-order valence-corrected chi connectivity index (χ2v) is 5.71. The number of aryl methyl sites for hydroxylation is 1. The van der Waals surface area contributed by atoms with E-state index in [1.807, 2.05) is 18.3 Å². The third kappa shape index (κ3) is 7.46. The number of pyridine rings is 1. The number of methoxy groups -OCH3 is 1. The van der Waals surface area contributed by atoms with Crippen LogP contribution < -0.4 is 10.6 Å². The molecule has 26 heavy (non-hydrogen) atoms. The summed E-state index contributed by atoms with van der Waals surface area (Å²) in [6.07, 6.45) is 2.96. The minimum atomic E-state index is 0. The molecule has 2 N–H and O–H groups in total. The molecule has 7 nitrogen and oxygen atoms in total. The molecular formula is C18H30IN5O2. The van der Waals surface area contributed by atoms with E-state index in [1.54, 1.807) is 7.11 Å². The van der Waals surface area contributed by atoms with Crippen molar-refractivity contribution in [2.24, 2.45) is 4.99 Å². The highest BCUT2D eigenvalue weighted by molar-refractivity contribution is 14.0. The van der Waals surface area contributed by atoms with Crippen molar-refractivity contribution >= 4 is 35.6 Å². The van der Waals surface area contributed by atoms with Crippen LogP contribution in [0.2, 0.25) is 0 Å². The van der Waals surface area contributed by atoms with Gasteiger partial charge in [-0.25, -0.2) is 9.98 Å². The van der Waals surface area contributed by atoms with Gasteiger partial charge in [0.05, 0.1) is 25.5 Å². The molecule has 0 bridgehead atoms. The fourth-order valence-electron chi connectivity index (χ4n) is 2.40. The second kappa shape index (κ2) is 12.9. The van der Waals surface area contributed by atoms with Gasteiger partial charge in [0.15, 0.2) is 5.96 Å². The Labute approximate surface area is 172 Å². The largest absolute Gasteiger partial charge is 0.382 e. The van der Waals surface area contributed by atoms with Crippen LogP contribution in [0.1, 0.15) is 24.7 Å². The Hall–Kier alpha value is -1.39. The van der Waals surface area contributed by atoms with E-state index in [4.69, 9.17) is 9.47 Å². The van der Waals surface area contributed by atoms with Gasteiger partial charge in [-0.2, -0.15) is 0 Å². The SMILES string of the molecule is CCNC(=NCc1cn2c(C)cccc2n1)NCCCOCCOC.I. The van der Waals surface area contributed by atoms with Crippen molar-refractivity contribution < 1.29 is 9.47 Å². The number of rotatable bonds is 10. The van der Waals surface area contributed by atoms with Crippen molar-refractivity contribution in [2.75, 3.05) is 40.0 Å². The van der Waals surface area contributed by atoms with Crippen LogP contribution in [-0.2, 0) is 16.0 Å². The number of imidazole rings is 1. The van der Waals surface area contributed by atoms with Gasteiger partial charge in [-0.15, -0.1) is 24.0 Å². The summed E-state index contributed by atoms with van der Waals surface area (Å²) in [5.41, 5.74) is 3.07. The molecule has 0 saturated heterocycles. The Morgan fingerprint density at radius 2 is 2.08 bits per heavy atom. The molecule has 0 unspecified atom stereocenters. The lowest BCUT2D eigenvalue weighted by molar-refractivity contribution is 0.0698. The standard InChI is InChI=1S/C18H29N5O2.HI/c1-4-19-18(20-9-6-10-25-12-11-24-3)21-13-16-14-23-15(2)7-5-8-17(23)22-16;/h5,7-8,14H,4,6,9-13H2,1-3H3,(H2,19,20,21);1H. The number of aliphatic imine (C=N–C) groups is 1. The number of ether oxygens (including phenoxy) is 2. The zero-order valence-electron chi connectivity index (χ0n) is 15.8. The average Bonchev–Trinajstić information content (AvgIpc) is 3.03. The maximum Gasteiger partial charge on any atom is 0.191 e. The average molecular weight is 475 g/mol. The summed E-state index contributed by atoms with van der Waals surface area (Å²) >= 11 is 0. The Morgan fingerprint density at radius 1 is 1.23 bits per heavy atom. The predicted octanol–water partition coefficient (Wildman–Crippen LogP) is 2.37. The third-order valence-corrected chi connectivity index (χ3v) is 3.68. The molecule has 146 valence electrons. The van der Waals surface area contributed by atoms with Crippen LogP contribution in [0.15, 0.2) is 29.4 Å². The normalized spacial score (nSPS) is 11.4. The van der Waals surface area contributed by atoms with Gasteiger partial charge in [0.25, 0.3) is 0 Å². The van der Waals surface area contributed by atoms with Gasteiger partial charge < -0.3 is 24.5 Å². The number of aromatic nitrogens is 2. The first kappa shape index (κ1) is 22.7. The first-order valence-corrected chi connectivity index (χ1v) is 8.77.